The van der Waals surface area contributed by atoms with Gasteiger partial charge in [-0.1, -0.05) is 19.1 Å². The predicted octanol–water partition coefficient (Wildman–Crippen LogP) is 2.42. The van der Waals surface area contributed by atoms with Crippen LogP contribution in [0.5, 0.6) is 0 Å². The van der Waals surface area contributed by atoms with E-state index < -0.39 is 5.97 Å². The van der Waals surface area contributed by atoms with Gasteiger partial charge in [-0.05, 0) is 44.0 Å². The van der Waals surface area contributed by atoms with Crippen molar-refractivity contribution in [2.45, 2.75) is 32.7 Å². The topological polar surface area (TPSA) is 79.2 Å². The van der Waals surface area contributed by atoms with Crippen LogP contribution < -0.4 is 5.32 Å². The number of esters is 1. The van der Waals surface area contributed by atoms with Crippen LogP contribution in [0.15, 0.2) is 30.3 Å². The van der Waals surface area contributed by atoms with Gasteiger partial charge in [0.25, 0.3) is 5.91 Å². The van der Waals surface area contributed by atoms with E-state index in [1.54, 1.807) is 30.3 Å². The van der Waals surface area contributed by atoms with Crippen LogP contribution in [0.3, 0.4) is 0 Å². The number of amides is 1. The van der Waals surface area contributed by atoms with Crippen molar-refractivity contribution in [3.05, 3.63) is 41.5 Å². The first-order chi connectivity index (χ1) is 10.4. The molecule has 0 aliphatic carbocycles. The molecule has 5 nitrogen and oxygen atoms in total. The Balaban J connectivity index is 2.44. The Morgan fingerprint density at radius 2 is 1.95 bits per heavy atom. The number of nitrogens with zero attached hydrogens (tertiary/aromatic N) is 1. The summed E-state index contributed by atoms with van der Waals surface area (Å²) in [6, 6.07) is 8.77. The van der Waals surface area contributed by atoms with Crippen LogP contribution in [-0.4, -0.2) is 24.0 Å². The van der Waals surface area contributed by atoms with Gasteiger partial charge in [-0.15, -0.1) is 0 Å². The standard InChI is InChI=1S/C17H20N2O3/c1-4-17(2,3)19-15(20)12-22-16(21)10-9-13-5-7-14(11-18)8-6-13/h5-10H,4,12H2,1-3H3,(H,19,20)/b10-9+. The molecule has 0 aliphatic rings. The van der Waals surface area contributed by atoms with Gasteiger partial charge in [0.05, 0.1) is 11.6 Å². The summed E-state index contributed by atoms with van der Waals surface area (Å²) in [5.41, 5.74) is 1.00. The Bertz CT molecular complexity index is 595. The Kier molecular flexibility index (Phi) is 6.33. The van der Waals surface area contributed by atoms with Crippen molar-refractivity contribution in [3.8, 4) is 6.07 Å². The van der Waals surface area contributed by atoms with Crippen molar-refractivity contribution < 1.29 is 14.3 Å². The molecule has 0 fully saturated rings. The molecule has 1 aromatic carbocycles. The minimum absolute atomic E-state index is 0.306. The molecule has 1 aromatic rings. The van der Waals surface area contributed by atoms with Crippen LogP contribution in [0, 0.1) is 11.3 Å². The lowest BCUT2D eigenvalue weighted by atomic mass is 10.0. The zero-order valence-corrected chi connectivity index (χ0v) is 13.1. The van der Waals surface area contributed by atoms with E-state index in [1.807, 2.05) is 26.8 Å². The zero-order chi connectivity index (χ0) is 16.6. The minimum atomic E-state index is -0.589. The van der Waals surface area contributed by atoms with Crippen LogP contribution in [0.1, 0.15) is 38.3 Å². The number of carbonyl (C=O) groups excluding carboxylic acids is 2. The first-order valence-corrected chi connectivity index (χ1v) is 7.02. The number of nitrogens with one attached hydrogen (secondary N) is 1. The summed E-state index contributed by atoms with van der Waals surface area (Å²) in [6.45, 7) is 5.46. The largest absolute Gasteiger partial charge is 0.452 e. The van der Waals surface area contributed by atoms with E-state index in [-0.39, 0.29) is 18.1 Å². The van der Waals surface area contributed by atoms with Gasteiger partial charge in [-0.25, -0.2) is 4.79 Å². The van der Waals surface area contributed by atoms with E-state index in [9.17, 15) is 9.59 Å². The Labute approximate surface area is 130 Å². The van der Waals surface area contributed by atoms with Gasteiger partial charge in [0.15, 0.2) is 6.61 Å². The molecule has 1 rings (SSSR count). The highest BCUT2D eigenvalue weighted by atomic mass is 16.5. The van der Waals surface area contributed by atoms with E-state index in [1.165, 1.54) is 6.08 Å². The number of ether oxygens (including phenoxy) is 1. The third-order valence-electron chi connectivity index (χ3n) is 3.16. The maximum atomic E-state index is 11.6. The fourth-order valence-electron chi connectivity index (χ4n) is 1.52. The number of nitriles is 1. The molecule has 0 bridgehead atoms. The Morgan fingerprint density at radius 3 is 2.50 bits per heavy atom. The lowest BCUT2D eigenvalue weighted by Gasteiger charge is -2.24. The fourth-order valence-corrected chi connectivity index (χ4v) is 1.52. The van der Waals surface area contributed by atoms with Crippen molar-refractivity contribution >= 4 is 18.0 Å². The molecule has 1 amide bonds. The minimum Gasteiger partial charge on any atom is -0.452 e. The third kappa shape index (κ3) is 6.23. The van der Waals surface area contributed by atoms with Crippen LogP contribution in [0.2, 0.25) is 0 Å². The first kappa shape index (κ1) is 17.4. The SMILES string of the molecule is CCC(C)(C)NC(=O)COC(=O)/C=C/c1ccc(C#N)cc1. The highest BCUT2D eigenvalue weighted by Gasteiger charge is 2.18. The van der Waals surface area contributed by atoms with Crippen LogP contribution >= 0.6 is 0 Å². The molecule has 0 aliphatic heterocycles. The maximum absolute atomic E-state index is 11.6. The van der Waals surface area contributed by atoms with E-state index >= 15 is 0 Å². The smallest absolute Gasteiger partial charge is 0.331 e. The van der Waals surface area contributed by atoms with Crippen molar-refractivity contribution in [2.75, 3.05) is 6.61 Å². The lowest BCUT2D eigenvalue weighted by Crippen LogP contribution is -2.44. The summed E-state index contributed by atoms with van der Waals surface area (Å²) in [5.74, 6) is -0.916. The second-order valence-corrected chi connectivity index (χ2v) is 5.46. The second kappa shape index (κ2) is 7.99. The predicted molar refractivity (Wildman–Crippen MR) is 83.7 cm³/mol. The summed E-state index contributed by atoms with van der Waals surface area (Å²) >= 11 is 0. The van der Waals surface area contributed by atoms with Crippen LogP contribution in [0.4, 0.5) is 0 Å². The number of hydrogen-bond acceptors (Lipinski definition) is 4. The second-order valence-electron chi connectivity index (χ2n) is 5.46. The van der Waals surface area contributed by atoms with Crippen molar-refractivity contribution in [2.24, 2.45) is 0 Å². The summed E-state index contributed by atoms with van der Waals surface area (Å²) in [7, 11) is 0. The van der Waals surface area contributed by atoms with Crippen LogP contribution in [-0.2, 0) is 14.3 Å². The molecule has 1 N–H and O–H groups in total. The number of carbonyl (C=O) groups is 2. The van der Waals surface area contributed by atoms with Gasteiger partial charge < -0.3 is 10.1 Å². The number of benzene rings is 1. The number of rotatable bonds is 6. The van der Waals surface area contributed by atoms with Gasteiger partial charge >= 0.3 is 5.97 Å². The van der Waals surface area contributed by atoms with Gasteiger partial charge in [-0.3, -0.25) is 4.79 Å². The molecule has 0 aromatic heterocycles. The molecule has 0 heterocycles. The maximum Gasteiger partial charge on any atom is 0.331 e. The Morgan fingerprint density at radius 1 is 1.32 bits per heavy atom. The molecule has 0 saturated carbocycles. The molecule has 22 heavy (non-hydrogen) atoms. The van der Waals surface area contributed by atoms with Gasteiger partial charge in [0.1, 0.15) is 0 Å². The summed E-state index contributed by atoms with van der Waals surface area (Å²) in [4.78, 5) is 23.2. The highest BCUT2D eigenvalue weighted by molar-refractivity contribution is 5.89. The third-order valence-corrected chi connectivity index (χ3v) is 3.16. The zero-order valence-electron chi connectivity index (χ0n) is 13.1. The molecule has 0 saturated heterocycles. The summed E-state index contributed by atoms with van der Waals surface area (Å²) in [6.07, 6.45) is 3.60. The lowest BCUT2D eigenvalue weighted by molar-refractivity contribution is -0.144. The molecular formula is C17H20N2O3. The first-order valence-electron chi connectivity index (χ1n) is 7.02. The normalized spacial score (nSPS) is 11.0. The summed E-state index contributed by atoms with van der Waals surface area (Å²) < 4.78 is 4.87. The summed E-state index contributed by atoms with van der Waals surface area (Å²) in [5, 5.41) is 11.5. The van der Waals surface area contributed by atoms with Gasteiger partial charge in [0, 0.05) is 11.6 Å². The van der Waals surface area contributed by atoms with Gasteiger partial charge in [0.2, 0.25) is 0 Å². The molecular weight excluding hydrogens is 280 g/mol. The highest BCUT2D eigenvalue weighted by Crippen LogP contribution is 2.07. The molecule has 0 atom stereocenters. The van der Waals surface area contributed by atoms with Crippen molar-refractivity contribution in [1.82, 2.24) is 5.32 Å². The molecule has 5 heteroatoms. The molecule has 116 valence electrons. The average Bonchev–Trinajstić information content (AvgIpc) is 2.51. The quantitative estimate of drug-likeness (QED) is 0.646. The van der Waals surface area contributed by atoms with Crippen molar-refractivity contribution in [1.29, 1.82) is 5.26 Å². The van der Waals surface area contributed by atoms with Crippen LogP contribution in [0.25, 0.3) is 6.08 Å². The van der Waals surface area contributed by atoms with E-state index in [2.05, 4.69) is 5.32 Å². The van der Waals surface area contributed by atoms with Gasteiger partial charge in [-0.2, -0.15) is 5.26 Å². The van der Waals surface area contributed by atoms with E-state index in [4.69, 9.17) is 10.00 Å². The number of hydrogen-bond donors (Lipinski definition) is 1. The van der Waals surface area contributed by atoms with E-state index in [0.717, 1.165) is 12.0 Å². The molecule has 0 unspecified atom stereocenters. The molecule has 0 spiro atoms. The fraction of sp³-hybridized carbons (Fsp3) is 0.353. The average molecular weight is 300 g/mol. The Hall–Kier alpha value is -2.61. The molecule has 0 radical (unpaired) electrons. The monoisotopic (exact) mass is 300 g/mol. The van der Waals surface area contributed by atoms with E-state index in [0.29, 0.717) is 5.56 Å². The van der Waals surface area contributed by atoms with Crippen molar-refractivity contribution in [3.63, 3.8) is 0 Å².